The van der Waals surface area contributed by atoms with E-state index in [-0.39, 0.29) is 18.3 Å². The molecule has 0 aliphatic carbocycles. The Balaban J connectivity index is 2.07. The lowest BCUT2D eigenvalue weighted by Gasteiger charge is -2.09. The van der Waals surface area contributed by atoms with Gasteiger partial charge >= 0.3 is 0 Å². The van der Waals surface area contributed by atoms with Crippen molar-refractivity contribution in [3.05, 3.63) is 11.6 Å². The lowest BCUT2D eigenvalue weighted by molar-refractivity contribution is 0.102. The summed E-state index contributed by atoms with van der Waals surface area (Å²) in [6.45, 7) is 1.08. The van der Waals surface area contributed by atoms with E-state index in [1.807, 2.05) is 0 Å². The smallest absolute Gasteiger partial charge is 0.204 e. The minimum atomic E-state index is -0.749. The fourth-order valence-electron chi connectivity index (χ4n) is 1.26. The zero-order chi connectivity index (χ0) is 11.7. The number of hydrogen-bond acceptors (Lipinski definition) is 6. The molecule has 2 rings (SSSR count). The van der Waals surface area contributed by atoms with Crippen LogP contribution in [0.3, 0.4) is 0 Å². The highest BCUT2D eigenvalue weighted by atomic mass is 16.6. The molecule has 0 spiro atoms. The summed E-state index contributed by atoms with van der Waals surface area (Å²) in [4.78, 5) is 0. The van der Waals surface area contributed by atoms with Crippen LogP contribution in [0.25, 0.3) is 0 Å². The monoisotopic (exact) mass is 228 g/mol. The molecule has 0 bridgehead atoms. The lowest BCUT2D eigenvalue weighted by atomic mass is 10.1. The van der Waals surface area contributed by atoms with Gasteiger partial charge in [0.25, 0.3) is 0 Å². The minimum Gasteiger partial charge on any atom is -0.504 e. The molecule has 6 nitrogen and oxygen atoms in total. The second-order valence-corrected chi connectivity index (χ2v) is 3.57. The van der Waals surface area contributed by atoms with Gasteiger partial charge in [0.2, 0.25) is 11.5 Å². The van der Waals surface area contributed by atoms with Crippen LogP contribution >= 0.6 is 0 Å². The first-order valence-corrected chi connectivity index (χ1v) is 4.74. The van der Waals surface area contributed by atoms with Crippen LogP contribution in [0.15, 0.2) is 6.07 Å². The van der Waals surface area contributed by atoms with Crippen LogP contribution < -0.4 is 0 Å². The van der Waals surface area contributed by atoms with Crippen molar-refractivity contribution in [3.8, 4) is 23.0 Å². The van der Waals surface area contributed by atoms with Crippen LogP contribution in [0.2, 0.25) is 0 Å². The van der Waals surface area contributed by atoms with E-state index in [4.69, 9.17) is 14.6 Å². The second-order valence-electron chi connectivity index (χ2n) is 3.57. The van der Waals surface area contributed by atoms with Gasteiger partial charge in [-0.15, -0.1) is 0 Å². The first kappa shape index (κ1) is 10.8. The molecule has 4 N–H and O–H groups in total. The molecule has 0 aromatic heterocycles. The largest absolute Gasteiger partial charge is 0.504 e. The Labute approximate surface area is 91.3 Å². The van der Waals surface area contributed by atoms with Gasteiger partial charge in [0.15, 0.2) is 11.5 Å². The van der Waals surface area contributed by atoms with Crippen LogP contribution in [-0.4, -0.2) is 39.7 Å². The molecule has 1 aromatic carbocycles. The van der Waals surface area contributed by atoms with E-state index in [1.54, 1.807) is 0 Å². The number of rotatable bonds is 4. The van der Waals surface area contributed by atoms with Crippen molar-refractivity contribution in [1.82, 2.24) is 0 Å². The maximum Gasteiger partial charge on any atom is 0.204 e. The Hall–Kier alpha value is -1.66. The number of aromatic hydroxyl groups is 4. The Kier molecular flexibility index (Phi) is 2.76. The molecule has 1 aromatic rings. The Morgan fingerprint density at radius 1 is 1.19 bits per heavy atom. The number of phenolic OH excluding ortho intramolecular Hbond substituents is 4. The van der Waals surface area contributed by atoms with Gasteiger partial charge in [-0.3, -0.25) is 0 Å². The molecule has 0 radical (unpaired) electrons. The van der Waals surface area contributed by atoms with Crippen LogP contribution in [-0.2, 0) is 16.1 Å². The Morgan fingerprint density at radius 3 is 2.50 bits per heavy atom. The molecule has 88 valence electrons. The summed E-state index contributed by atoms with van der Waals surface area (Å²) in [7, 11) is 0. The minimum absolute atomic E-state index is 0.0209. The van der Waals surface area contributed by atoms with E-state index in [0.29, 0.717) is 13.2 Å². The van der Waals surface area contributed by atoms with Gasteiger partial charge in [0.05, 0.1) is 19.8 Å². The SMILES string of the molecule is Oc1cc(COCC2CO2)c(O)c(O)c1O. The van der Waals surface area contributed by atoms with Gasteiger partial charge in [-0.25, -0.2) is 0 Å². The van der Waals surface area contributed by atoms with Crippen molar-refractivity contribution < 1.29 is 29.9 Å². The zero-order valence-electron chi connectivity index (χ0n) is 8.38. The molecule has 1 fully saturated rings. The third kappa shape index (κ3) is 2.12. The van der Waals surface area contributed by atoms with E-state index in [9.17, 15) is 15.3 Å². The summed E-state index contributed by atoms with van der Waals surface area (Å²) in [5.41, 5.74) is 0.202. The first-order valence-electron chi connectivity index (χ1n) is 4.74. The maximum absolute atomic E-state index is 9.45. The highest BCUT2D eigenvalue weighted by Crippen LogP contribution is 2.43. The van der Waals surface area contributed by atoms with Crippen LogP contribution in [0, 0.1) is 0 Å². The Morgan fingerprint density at radius 2 is 1.88 bits per heavy atom. The lowest BCUT2D eigenvalue weighted by Crippen LogP contribution is -2.01. The highest BCUT2D eigenvalue weighted by Gasteiger charge is 2.23. The summed E-state index contributed by atoms with van der Waals surface area (Å²) >= 11 is 0. The number of ether oxygens (including phenoxy) is 2. The fraction of sp³-hybridized carbons (Fsp3) is 0.400. The second kappa shape index (κ2) is 4.07. The molecule has 1 unspecified atom stereocenters. The fourth-order valence-corrected chi connectivity index (χ4v) is 1.26. The molecule has 1 heterocycles. The van der Waals surface area contributed by atoms with Gasteiger partial charge in [-0.2, -0.15) is 0 Å². The number of benzene rings is 1. The molecule has 1 aliphatic rings. The van der Waals surface area contributed by atoms with E-state index in [1.165, 1.54) is 0 Å². The van der Waals surface area contributed by atoms with Gasteiger partial charge in [-0.1, -0.05) is 0 Å². The van der Waals surface area contributed by atoms with Crippen molar-refractivity contribution >= 4 is 0 Å². The number of phenols is 4. The summed E-state index contributed by atoms with van der Waals surface area (Å²) in [5.74, 6) is -2.49. The number of epoxide rings is 1. The molecule has 1 saturated heterocycles. The van der Waals surface area contributed by atoms with Crippen LogP contribution in [0.4, 0.5) is 0 Å². The maximum atomic E-state index is 9.45. The van der Waals surface area contributed by atoms with E-state index < -0.39 is 23.0 Å². The van der Waals surface area contributed by atoms with Crippen molar-refractivity contribution in [2.45, 2.75) is 12.7 Å². The third-order valence-corrected chi connectivity index (χ3v) is 2.27. The average molecular weight is 228 g/mol. The summed E-state index contributed by atoms with van der Waals surface area (Å²) in [6, 6.07) is 1.14. The molecule has 16 heavy (non-hydrogen) atoms. The average Bonchev–Trinajstić information content (AvgIpc) is 3.06. The predicted octanol–water partition coefficient (Wildman–Crippen LogP) is 0.424. The third-order valence-electron chi connectivity index (χ3n) is 2.27. The van der Waals surface area contributed by atoms with Gasteiger partial charge in [0.1, 0.15) is 6.10 Å². The standard InChI is InChI=1S/C10H12O6/c11-7-1-5(2-15-3-6-4-16-6)8(12)10(14)9(7)13/h1,6,11-14H,2-4H2. The first-order chi connectivity index (χ1) is 7.59. The molecule has 1 aliphatic heterocycles. The van der Waals surface area contributed by atoms with E-state index in [0.717, 1.165) is 6.07 Å². The van der Waals surface area contributed by atoms with Crippen LogP contribution in [0.5, 0.6) is 23.0 Å². The molecule has 1 atom stereocenters. The van der Waals surface area contributed by atoms with E-state index in [2.05, 4.69) is 0 Å². The van der Waals surface area contributed by atoms with E-state index >= 15 is 0 Å². The van der Waals surface area contributed by atoms with Crippen molar-refractivity contribution in [3.63, 3.8) is 0 Å². The molecular weight excluding hydrogens is 216 g/mol. The van der Waals surface area contributed by atoms with Gasteiger partial charge in [-0.05, 0) is 6.07 Å². The quantitative estimate of drug-likeness (QED) is 0.338. The topological polar surface area (TPSA) is 103 Å². The summed E-state index contributed by atoms with van der Waals surface area (Å²) in [6.07, 6.45) is 0.0986. The predicted molar refractivity (Wildman–Crippen MR) is 52.5 cm³/mol. The summed E-state index contributed by atoms with van der Waals surface area (Å²) < 4.78 is 10.1. The normalized spacial score (nSPS) is 18.6. The molecular formula is C10H12O6. The van der Waals surface area contributed by atoms with Crippen LogP contribution in [0.1, 0.15) is 5.56 Å². The van der Waals surface area contributed by atoms with Crippen molar-refractivity contribution in [2.75, 3.05) is 13.2 Å². The van der Waals surface area contributed by atoms with Gasteiger partial charge in [0, 0.05) is 5.56 Å². The van der Waals surface area contributed by atoms with Crippen molar-refractivity contribution in [1.29, 1.82) is 0 Å². The van der Waals surface area contributed by atoms with Gasteiger partial charge < -0.3 is 29.9 Å². The molecule has 6 heteroatoms. The summed E-state index contributed by atoms with van der Waals surface area (Å²) in [5, 5.41) is 37.0. The zero-order valence-corrected chi connectivity index (χ0v) is 8.38. The molecule has 0 saturated carbocycles. The highest BCUT2D eigenvalue weighted by molar-refractivity contribution is 5.59. The Bertz CT molecular complexity index is 399. The van der Waals surface area contributed by atoms with Crippen molar-refractivity contribution in [2.24, 2.45) is 0 Å². The molecule has 0 amide bonds. The number of hydrogen-bond donors (Lipinski definition) is 4.